The maximum absolute atomic E-state index is 5.98. The van der Waals surface area contributed by atoms with Crippen molar-refractivity contribution in [1.82, 2.24) is 0 Å². The molecule has 2 aromatic carbocycles. The Hall–Kier alpha value is -2.00. The molecule has 0 amide bonds. The molecule has 0 spiro atoms. The summed E-state index contributed by atoms with van der Waals surface area (Å²) in [5.74, 6) is 2.28. The minimum atomic E-state index is -0.327. The van der Waals surface area contributed by atoms with Crippen molar-refractivity contribution in [2.45, 2.75) is 91.8 Å². The summed E-state index contributed by atoms with van der Waals surface area (Å²) in [4.78, 5) is 0. The Kier molecular flexibility index (Phi) is 8.59. The lowest BCUT2D eigenvalue weighted by atomic mass is 9.75. The Morgan fingerprint density at radius 1 is 0.742 bits per heavy atom. The van der Waals surface area contributed by atoms with Crippen LogP contribution in [0.5, 0.6) is 11.5 Å². The van der Waals surface area contributed by atoms with E-state index in [0.29, 0.717) is 19.1 Å². The molecule has 0 radical (unpaired) electrons. The first kappa shape index (κ1) is 25.3. The van der Waals surface area contributed by atoms with Gasteiger partial charge in [0.25, 0.3) is 0 Å². The van der Waals surface area contributed by atoms with Gasteiger partial charge < -0.3 is 14.2 Å². The predicted octanol–water partition coefficient (Wildman–Crippen LogP) is 7.62. The van der Waals surface area contributed by atoms with Crippen LogP contribution in [-0.2, 0) is 15.6 Å². The zero-order chi connectivity index (χ0) is 23.2. The molecule has 3 nitrogen and oxygen atoms in total. The first-order valence-electron chi connectivity index (χ1n) is 11.6. The van der Waals surface area contributed by atoms with E-state index in [4.69, 9.17) is 14.2 Å². The molecule has 0 bridgehead atoms. The summed E-state index contributed by atoms with van der Waals surface area (Å²) in [5.41, 5.74) is 4.19. The molecular weight excluding hydrogens is 384 g/mol. The third kappa shape index (κ3) is 7.57. The fourth-order valence-corrected chi connectivity index (χ4v) is 3.60. The number of hydrogen-bond donors (Lipinski definition) is 0. The van der Waals surface area contributed by atoms with E-state index in [9.17, 15) is 0 Å². The second-order valence-electron chi connectivity index (χ2n) is 10.5. The first-order chi connectivity index (χ1) is 14.4. The van der Waals surface area contributed by atoms with Crippen LogP contribution in [0.25, 0.3) is 0 Å². The number of ether oxygens (including phenoxy) is 3. The van der Waals surface area contributed by atoms with Gasteiger partial charge in [0.05, 0.1) is 6.61 Å². The van der Waals surface area contributed by atoms with Crippen LogP contribution in [0.4, 0.5) is 0 Å². The lowest BCUT2D eigenvalue weighted by Crippen LogP contribution is -2.22. The van der Waals surface area contributed by atoms with E-state index in [-0.39, 0.29) is 17.1 Å². The molecule has 0 N–H and O–H groups in total. The summed E-state index contributed by atoms with van der Waals surface area (Å²) in [6, 6.07) is 14.7. The standard InChI is InChI=1S/C28H42O3/c1-10-20(2)22-11-13-23(14-12-22)31-21(3)29-17-18-30-24-15-16-25(27(4,5)6)26(19-24)28(7,8)9/h11-16,19-21H,10,17-18H2,1-9H3. The minimum Gasteiger partial charge on any atom is -0.491 e. The second-order valence-corrected chi connectivity index (χ2v) is 10.5. The van der Waals surface area contributed by atoms with Crippen molar-refractivity contribution in [3.63, 3.8) is 0 Å². The molecule has 0 fully saturated rings. The molecule has 0 saturated carbocycles. The van der Waals surface area contributed by atoms with Crippen molar-refractivity contribution in [2.24, 2.45) is 0 Å². The van der Waals surface area contributed by atoms with E-state index in [1.807, 2.05) is 19.1 Å². The zero-order valence-corrected chi connectivity index (χ0v) is 21.0. The highest BCUT2D eigenvalue weighted by molar-refractivity contribution is 5.43. The van der Waals surface area contributed by atoms with E-state index in [0.717, 1.165) is 17.9 Å². The molecule has 0 heterocycles. The first-order valence-corrected chi connectivity index (χ1v) is 11.6. The van der Waals surface area contributed by atoms with Crippen LogP contribution < -0.4 is 9.47 Å². The van der Waals surface area contributed by atoms with Crippen LogP contribution in [0.3, 0.4) is 0 Å². The molecule has 31 heavy (non-hydrogen) atoms. The lowest BCUT2D eigenvalue weighted by Gasteiger charge is -2.30. The molecule has 0 aliphatic heterocycles. The van der Waals surface area contributed by atoms with Gasteiger partial charge in [0, 0.05) is 0 Å². The molecule has 172 valence electrons. The van der Waals surface area contributed by atoms with E-state index in [1.165, 1.54) is 16.7 Å². The summed E-state index contributed by atoms with van der Waals surface area (Å²) < 4.78 is 17.7. The minimum absolute atomic E-state index is 0.0608. The zero-order valence-electron chi connectivity index (χ0n) is 21.0. The Bertz CT molecular complexity index is 810. The van der Waals surface area contributed by atoms with Crippen LogP contribution in [-0.4, -0.2) is 19.5 Å². The van der Waals surface area contributed by atoms with Gasteiger partial charge >= 0.3 is 0 Å². The molecule has 2 atom stereocenters. The van der Waals surface area contributed by atoms with Crippen molar-refractivity contribution in [2.75, 3.05) is 13.2 Å². The number of rotatable bonds is 9. The molecule has 0 aromatic heterocycles. The van der Waals surface area contributed by atoms with Gasteiger partial charge in [-0.1, -0.05) is 73.6 Å². The average molecular weight is 427 g/mol. The largest absolute Gasteiger partial charge is 0.491 e. The SMILES string of the molecule is CCC(C)c1ccc(OC(C)OCCOc2ccc(C(C)(C)C)c(C(C)(C)C)c2)cc1. The van der Waals surface area contributed by atoms with E-state index < -0.39 is 0 Å². The maximum atomic E-state index is 5.98. The summed E-state index contributed by atoms with van der Waals surface area (Å²) in [6.45, 7) is 20.8. The maximum Gasteiger partial charge on any atom is 0.197 e. The van der Waals surface area contributed by atoms with Gasteiger partial charge in [0.1, 0.15) is 18.1 Å². The van der Waals surface area contributed by atoms with E-state index in [1.54, 1.807) is 0 Å². The average Bonchev–Trinajstić information content (AvgIpc) is 2.69. The molecule has 0 aliphatic rings. The quantitative estimate of drug-likeness (QED) is 0.305. The van der Waals surface area contributed by atoms with Crippen LogP contribution in [0, 0.1) is 0 Å². The Labute approximate surface area is 190 Å². The molecular formula is C28H42O3. The van der Waals surface area contributed by atoms with Gasteiger partial charge in [-0.2, -0.15) is 0 Å². The number of hydrogen-bond acceptors (Lipinski definition) is 3. The van der Waals surface area contributed by atoms with Gasteiger partial charge in [-0.25, -0.2) is 0 Å². The van der Waals surface area contributed by atoms with Crippen molar-refractivity contribution >= 4 is 0 Å². The Morgan fingerprint density at radius 2 is 1.32 bits per heavy atom. The fraction of sp³-hybridized carbons (Fsp3) is 0.571. The summed E-state index contributed by atoms with van der Waals surface area (Å²) in [5, 5.41) is 0. The van der Waals surface area contributed by atoms with Gasteiger partial charge in [-0.15, -0.1) is 0 Å². The normalized spacial score (nSPS) is 14.2. The van der Waals surface area contributed by atoms with Gasteiger partial charge in [0.15, 0.2) is 6.29 Å². The van der Waals surface area contributed by atoms with Crippen LogP contribution in [0.15, 0.2) is 42.5 Å². The molecule has 2 rings (SSSR count). The summed E-state index contributed by atoms with van der Waals surface area (Å²) in [7, 11) is 0. The monoisotopic (exact) mass is 426 g/mol. The smallest absolute Gasteiger partial charge is 0.197 e. The molecule has 2 aromatic rings. The van der Waals surface area contributed by atoms with Crippen molar-refractivity contribution in [1.29, 1.82) is 0 Å². The lowest BCUT2D eigenvalue weighted by molar-refractivity contribution is -0.0739. The van der Waals surface area contributed by atoms with Gasteiger partial charge in [-0.3, -0.25) is 0 Å². The highest BCUT2D eigenvalue weighted by Crippen LogP contribution is 2.36. The molecule has 2 unspecified atom stereocenters. The topological polar surface area (TPSA) is 27.7 Å². The Morgan fingerprint density at radius 3 is 1.87 bits per heavy atom. The van der Waals surface area contributed by atoms with Crippen LogP contribution >= 0.6 is 0 Å². The van der Waals surface area contributed by atoms with Gasteiger partial charge in [-0.05, 0) is 71.0 Å². The van der Waals surface area contributed by atoms with Crippen molar-refractivity contribution in [3.8, 4) is 11.5 Å². The second kappa shape index (κ2) is 10.5. The van der Waals surface area contributed by atoms with Crippen LogP contribution in [0.1, 0.15) is 91.3 Å². The van der Waals surface area contributed by atoms with E-state index in [2.05, 4.69) is 85.7 Å². The molecule has 3 heteroatoms. The third-order valence-corrected chi connectivity index (χ3v) is 5.68. The summed E-state index contributed by atoms with van der Waals surface area (Å²) in [6.07, 6.45) is 0.807. The van der Waals surface area contributed by atoms with Gasteiger partial charge in [0.2, 0.25) is 0 Å². The fourth-order valence-electron chi connectivity index (χ4n) is 3.60. The highest BCUT2D eigenvalue weighted by Gasteiger charge is 2.25. The number of benzene rings is 2. The van der Waals surface area contributed by atoms with Crippen molar-refractivity contribution in [3.05, 3.63) is 59.2 Å². The van der Waals surface area contributed by atoms with Crippen LogP contribution in [0.2, 0.25) is 0 Å². The van der Waals surface area contributed by atoms with Crippen molar-refractivity contribution < 1.29 is 14.2 Å². The Balaban J connectivity index is 1.87. The molecule has 0 aliphatic carbocycles. The third-order valence-electron chi connectivity index (χ3n) is 5.68. The predicted molar refractivity (Wildman–Crippen MR) is 131 cm³/mol. The highest BCUT2D eigenvalue weighted by atomic mass is 16.7. The summed E-state index contributed by atoms with van der Waals surface area (Å²) >= 11 is 0. The molecule has 0 saturated heterocycles. The van der Waals surface area contributed by atoms with E-state index >= 15 is 0 Å².